The molecule has 0 amide bonds. The Balaban J connectivity index is 3.03. The molecule has 1 aromatic rings. The average Bonchev–Trinajstić information content (AvgIpc) is 2.32. The molecule has 102 valence electrons. The van der Waals surface area contributed by atoms with Gasteiger partial charge in [0.2, 0.25) is 0 Å². The van der Waals surface area contributed by atoms with Crippen molar-refractivity contribution in [1.82, 2.24) is 4.90 Å². The number of hydrogen-bond donors (Lipinski definition) is 1. The van der Waals surface area contributed by atoms with Crippen molar-refractivity contribution in [3.8, 4) is 0 Å². The summed E-state index contributed by atoms with van der Waals surface area (Å²) in [4.78, 5) is 2.35. The Morgan fingerprint density at radius 1 is 1.28 bits per heavy atom. The van der Waals surface area contributed by atoms with E-state index in [0.29, 0.717) is 17.5 Å². The lowest BCUT2D eigenvalue weighted by molar-refractivity contribution is 0.189. The topological polar surface area (TPSA) is 29.3 Å². The standard InChI is InChI=1S/C14H22Cl2N2/c1-4-18(9-10(2)3)14(8-17)12-7-11(15)5-6-13(12)16/h5-7,10,14H,4,8-9,17H2,1-3H3. The third-order valence-electron chi connectivity index (χ3n) is 2.99. The van der Waals surface area contributed by atoms with Crippen LogP contribution in [0, 0.1) is 5.92 Å². The number of benzene rings is 1. The highest BCUT2D eigenvalue weighted by Crippen LogP contribution is 2.30. The number of likely N-dealkylation sites (N-methyl/N-ethyl adjacent to an activating group) is 1. The van der Waals surface area contributed by atoms with E-state index in [1.165, 1.54) is 0 Å². The summed E-state index contributed by atoms with van der Waals surface area (Å²) in [6, 6.07) is 5.69. The summed E-state index contributed by atoms with van der Waals surface area (Å²) in [5, 5.41) is 1.44. The van der Waals surface area contributed by atoms with E-state index in [2.05, 4.69) is 25.7 Å². The third kappa shape index (κ3) is 4.13. The van der Waals surface area contributed by atoms with Crippen molar-refractivity contribution in [3.05, 3.63) is 33.8 Å². The molecule has 0 saturated carbocycles. The van der Waals surface area contributed by atoms with Gasteiger partial charge in [-0.05, 0) is 36.2 Å². The second-order valence-electron chi connectivity index (χ2n) is 4.90. The van der Waals surface area contributed by atoms with E-state index in [-0.39, 0.29) is 6.04 Å². The maximum absolute atomic E-state index is 6.27. The van der Waals surface area contributed by atoms with Crippen LogP contribution in [0.15, 0.2) is 18.2 Å². The van der Waals surface area contributed by atoms with E-state index in [4.69, 9.17) is 28.9 Å². The summed E-state index contributed by atoms with van der Waals surface area (Å²) in [6.07, 6.45) is 0. The molecule has 0 spiro atoms. The lowest BCUT2D eigenvalue weighted by Gasteiger charge is -2.32. The number of hydrogen-bond acceptors (Lipinski definition) is 2. The van der Waals surface area contributed by atoms with Gasteiger partial charge >= 0.3 is 0 Å². The zero-order valence-corrected chi connectivity index (χ0v) is 12.8. The van der Waals surface area contributed by atoms with Gasteiger partial charge in [0.25, 0.3) is 0 Å². The van der Waals surface area contributed by atoms with Crippen LogP contribution in [0.4, 0.5) is 0 Å². The largest absolute Gasteiger partial charge is 0.329 e. The van der Waals surface area contributed by atoms with E-state index in [1.54, 1.807) is 6.07 Å². The van der Waals surface area contributed by atoms with Crippen LogP contribution in [0.25, 0.3) is 0 Å². The van der Waals surface area contributed by atoms with E-state index >= 15 is 0 Å². The quantitative estimate of drug-likeness (QED) is 0.858. The van der Waals surface area contributed by atoms with Crippen molar-refractivity contribution in [3.63, 3.8) is 0 Å². The third-order valence-corrected chi connectivity index (χ3v) is 3.57. The molecule has 0 aromatic heterocycles. The SMILES string of the molecule is CCN(CC(C)C)C(CN)c1cc(Cl)ccc1Cl. The lowest BCUT2D eigenvalue weighted by atomic mass is 10.0. The summed E-state index contributed by atoms with van der Waals surface area (Å²) >= 11 is 12.3. The normalized spacial score (nSPS) is 13.3. The molecule has 0 aliphatic rings. The zero-order chi connectivity index (χ0) is 13.7. The van der Waals surface area contributed by atoms with Crippen molar-refractivity contribution in [1.29, 1.82) is 0 Å². The Bertz CT molecular complexity index is 380. The van der Waals surface area contributed by atoms with Crippen LogP contribution in [-0.4, -0.2) is 24.5 Å². The van der Waals surface area contributed by atoms with Gasteiger partial charge in [-0.2, -0.15) is 0 Å². The van der Waals surface area contributed by atoms with Gasteiger partial charge in [0, 0.05) is 29.2 Å². The van der Waals surface area contributed by atoms with E-state index in [9.17, 15) is 0 Å². The fourth-order valence-corrected chi connectivity index (χ4v) is 2.61. The molecule has 18 heavy (non-hydrogen) atoms. The van der Waals surface area contributed by atoms with Crippen LogP contribution in [0.3, 0.4) is 0 Å². The van der Waals surface area contributed by atoms with Crippen LogP contribution < -0.4 is 5.73 Å². The molecule has 1 aromatic carbocycles. The molecule has 2 N–H and O–H groups in total. The molecular weight excluding hydrogens is 267 g/mol. The second-order valence-corrected chi connectivity index (χ2v) is 5.74. The zero-order valence-electron chi connectivity index (χ0n) is 11.3. The molecule has 1 unspecified atom stereocenters. The fraction of sp³-hybridized carbons (Fsp3) is 0.571. The van der Waals surface area contributed by atoms with E-state index in [1.807, 2.05) is 12.1 Å². The predicted molar refractivity (Wildman–Crippen MR) is 80.3 cm³/mol. The molecular formula is C14H22Cl2N2. The molecule has 0 heterocycles. The highest BCUT2D eigenvalue weighted by molar-refractivity contribution is 6.33. The minimum Gasteiger partial charge on any atom is -0.329 e. The van der Waals surface area contributed by atoms with Gasteiger partial charge in [-0.3, -0.25) is 4.90 Å². The van der Waals surface area contributed by atoms with Gasteiger partial charge in [0.05, 0.1) is 0 Å². The van der Waals surface area contributed by atoms with Crippen molar-refractivity contribution in [2.24, 2.45) is 11.7 Å². The first-order chi connectivity index (χ1) is 8.49. The van der Waals surface area contributed by atoms with Crippen molar-refractivity contribution >= 4 is 23.2 Å². The van der Waals surface area contributed by atoms with Gasteiger partial charge in [-0.15, -0.1) is 0 Å². The minimum absolute atomic E-state index is 0.128. The molecule has 1 rings (SSSR count). The Morgan fingerprint density at radius 2 is 1.94 bits per heavy atom. The molecule has 2 nitrogen and oxygen atoms in total. The minimum atomic E-state index is 0.128. The first-order valence-corrected chi connectivity index (χ1v) is 7.14. The number of nitrogens with two attached hydrogens (primary N) is 1. The fourth-order valence-electron chi connectivity index (χ4n) is 2.19. The molecule has 1 atom stereocenters. The number of nitrogens with zero attached hydrogens (tertiary/aromatic N) is 1. The van der Waals surface area contributed by atoms with Gasteiger partial charge in [-0.25, -0.2) is 0 Å². The Hall–Kier alpha value is -0.280. The monoisotopic (exact) mass is 288 g/mol. The maximum atomic E-state index is 6.27. The Kier molecular flexibility index (Phi) is 6.44. The Morgan fingerprint density at radius 3 is 2.44 bits per heavy atom. The van der Waals surface area contributed by atoms with Crippen LogP contribution in [0.1, 0.15) is 32.4 Å². The molecule has 0 aliphatic carbocycles. The highest BCUT2D eigenvalue weighted by atomic mass is 35.5. The predicted octanol–water partition coefficient (Wildman–Crippen LogP) is 3.97. The first kappa shape index (κ1) is 15.8. The van der Waals surface area contributed by atoms with Gasteiger partial charge in [0.15, 0.2) is 0 Å². The summed E-state index contributed by atoms with van der Waals surface area (Å²) in [7, 11) is 0. The summed E-state index contributed by atoms with van der Waals surface area (Å²) < 4.78 is 0. The molecule has 0 bridgehead atoms. The maximum Gasteiger partial charge on any atom is 0.0485 e. The molecule has 0 aliphatic heterocycles. The Labute approximate surface area is 120 Å². The van der Waals surface area contributed by atoms with Crippen LogP contribution in [-0.2, 0) is 0 Å². The molecule has 0 fully saturated rings. The van der Waals surface area contributed by atoms with Gasteiger partial charge < -0.3 is 5.73 Å². The summed E-state index contributed by atoms with van der Waals surface area (Å²) in [5.74, 6) is 0.594. The van der Waals surface area contributed by atoms with Crippen LogP contribution in [0.2, 0.25) is 10.0 Å². The second kappa shape index (κ2) is 7.34. The number of halogens is 2. The molecule has 4 heteroatoms. The van der Waals surface area contributed by atoms with E-state index < -0.39 is 0 Å². The van der Waals surface area contributed by atoms with Gasteiger partial charge in [-0.1, -0.05) is 44.0 Å². The highest BCUT2D eigenvalue weighted by Gasteiger charge is 2.21. The van der Waals surface area contributed by atoms with E-state index in [0.717, 1.165) is 23.7 Å². The number of rotatable bonds is 6. The lowest BCUT2D eigenvalue weighted by Crippen LogP contribution is -2.36. The van der Waals surface area contributed by atoms with Crippen molar-refractivity contribution in [2.75, 3.05) is 19.6 Å². The summed E-state index contributed by atoms with van der Waals surface area (Å²) in [5.41, 5.74) is 6.95. The average molecular weight is 289 g/mol. The molecule has 0 radical (unpaired) electrons. The van der Waals surface area contributed by atoms with Gasteiger partial charge in [0.1, 0.15) is 0 Å². The summed E-state index contributed by atoms with van der Waals surface area (Å²) in [6.45, 7) is 9.04. The first-order valence-electron chi connectivity index (χ1n) is 6.38. The van der Waals surface area contributed by atoms with Crippen LogP contribution in [0.5, 0.6) is 0 Å². The van der Waals surface area contributed by atoms with Crippen molar-refractivity contribution < 1.29 is 0 Å². The van der Waals surface area contributed by atoms with Crippen LogP contribution >= 0.6 is 23.2 Å². The smallest absolute Gasteiger partial charge is 0.0485 e. The van der Waals surface area contributed by atoms with Crippen molar-refractivity contribution in [2.45, 2.75) is 26.8 Å². The molecule has 0 saturated heterocycles.